The van der Waals surface area contributed by atoms with Crippen molar-refractivity contribution < 1.29 is 33.4 Å². The molecule has 2 aromatic heterocycles. The number of pyridine rings is 2. The molecule has 13 heteroatoms. The van der Waals surface area contributed by atoms with E-state index in [0.717, 1.165) is 22.1 Å². The Morgan fingerprint density at radius 2 is 2.02 bits per heavy atom. The largest absolute Gasteiger partial charge is 0.458 e. The number of hydrogen-bond donors (Lipinski definition) is 4. The third kappa shape index (κ3) is 4.47. The maximum absolute atomic E-state index is 15.1. The number of aliphatic hydroxyl groups is 1. The van der Waals surface area contributed by atoms with Crippen LogP contribution in [0.5, 0.6) is 0 Å². The number of cyclic esters (lactones) is 1. The summed E-state index contributed by atoms with van der Waals surface area (Å²) in [6.07, 6.45) is 1.96. The molecule has 1 aromatic carbocycles. The average Bonchev–Trinajstić information content (AvgIpc) is 3.38. The predicted octanol–water partition coefficient (Wildman–Crippen LogP) is 1.46. The Labute approximate surface area is 257 Å². The lowest BCUT2D eigenvalue weighted by molar-refractivity contribution is -0.172. The maximum Gasteiger partial charge on any atom is 0.343 e. The SMILES string of the molecule is CC[C@@]1(O)C(=O)OCc2c1cc1n(c2=O)Cc2c-1nc1cc(F)c(C)c3c1c2[C@@H](NC(=O)C1CC(OCNC(=O)CN)C1)CC3. The van der Waals surface area contributed by atoms with Crippen LogP contribution in [0.25, 0.3) is 22.3 Å². The molecule has 1 fully saturated rings. The number of aromatic nitrogens is 2. The summed E-state index contributed by atoms with van der Waals surface area (Å²) in [4.78, 5) is 56.0. The summed E-state index contributed by atoms with van der Waals surface area (Å²) in [5.41, 5.74) is 7.56. The smallest absolute Gasteiger partial charge is 0.343 e. The number of carbonyl (C=O) groups excluding carboxylic acids is 3. The van der Waals surface area contributed by atoms with Gasteiger partial charge in [-0.25, -0.2) is 14.2 Å². The molecule has 0 bridgehead atoms. The van der Waals surface area contributed by atoms with E-state index in [2.05, 4.69) is 10.6 Å². The number of hydrogen-bond acceptors (Lipinski definition) is 9. The van der Waals surface area contributed by atoms with Gasteiger partial charge >= 0.3 is 5.97 Å². The fraction of sp³-hybridized carbons (Fsp3) is 0.469. The van der Waals surface area contributed by atoms with Gasteiger partial charge in [-0.2, -0.15) is 0 Å². The van der Waals surface area contributed by atoms with Crippen molar-refractivity contribution in [2.45, 2.75) is 76.9 Å². The van der Waals surface area contributed by atoms with E-state index in [-0.39, 0.29) is 73.6 Å². The molecule has 4 aliphatic rings. The summed E-state index contributed by atoms with van der Waals surface area (Å²) in [5, 5.41) is 17.8. The van der Waals surface area contributed by atoms with Crippen molar-refractivity contribution in [3.8, 4) is 11.4 Å². The number of aryl methyl sites for hydroxylation is 1. The molecule has 2 amide bonds. The minimum atomic E-state index is -1.97. The predicted molar refractivity (Wildman–Crippen MR) is 158 cm³/mol. The first kappa shape index (κ1) is 29.5. The van der Waals surface area contributed by atoms with Crippen molar-refractivity contribution in [1.82, 2.24) is 20.2 Å². The quantitative estimate of drug-likeness (QED) is 0.176. The summed E-state index contributed by atoms with van der Waals surface area (Å²) in [5.74, 6) is -1.91. The van der Waals surface area contributed by atoms with Crippen LogP contribution in [-0.4, -0.2) is 51.8 Å². The zero-order valence-corrected chi connectivity index (χ0v) is 25.0. The molecule has 2 aliphatic carbocycles. The van der Waals surface area contributed by atoms with Gasteiger partial charge in [0.15, 0.2) is 5.60 Å². The van der Waals surface area contributed by atoms with Gasteiger partial charge < -0.3 is 35.5 Å². The molecule has 2 aliphatic heterocycles. The first-order valence-corrected chi connectivity index (χ1v) is 15.3. The van der Waals surface area contributed by atoms with E-state index >= 15 is 4.39 Å². The molecular weight excluding hydrogens is 585 g/mol. The van der Waals surface area contributed by atoms with Crippen LogP contribution in [0, 0.1) is 18.7 Å². The molecule has 1 saturated carbocycles. The number of nitrogens with two attached hydrogens (primary N) is 1. The Morgan fingerprint density at radius 1 is 1.24 bits per heavy atom. The first-order chi connectivity index (χ1) is 21.5. The second-order valence-corrected chi connectivity index (χ2v) is 12.3. The third-order valence-electron chi connectivity index (χ3n) is 9.93. The second-order valence-electron chi connectivity index (χ2n) is 12.3. The highest BCUT2D eigenvalue weighted by atomic mass is 19.1. The van der Waals surface area contributed by atoms with Crippen LogP contribution >= 0.6 is 0 Å². The van der Waals surface area contributed by atoms with Gasteiger partial charge in [-0.05, 0) is 61.8 Å². The molecule has 3 aromatic rings. The summed E-state index contributed by atoms with van der Waals surface area (Å²) < 4.78 is 27.5. The number of ether oxygens (including phenoxy) is 2. The topological polar surface area (TPSA) is 175 Å². The van der Waals surface area contributed by atoms with E-state index < -0.39 is 23.2 Å². The van der Waals surface area contributed by atoms with Crippen molar-refractivity contribution in [2.24, 2.45) is 11.7 Å². The number of nitrogens with zero attached hydrogens (tertiary/aromatic N) is 2. The molecule has 7 rings (SSSR count). The zero-order chi connectivity index (χ0) is 31.8. The molecule has 0 saturated heterocycles. The van der Waals surface area contributed by atoms with Crippen LogP contribution in [0.1, 0.15) is 72.0 Å². The van der Waals surface area contributed by atoms with Crippen molar-refractivity contribution in [1.29, 1.82) is 0 Å². The van der Waals surface area contributed by atoms with Crippen LogP contribution in [0.4, 0.5) is 4.39 Å². The summed E-state index contributed by atoms with van der Waals surface area (Å²) >= 11 is 0. The summed E-state index contributed by atoms with van der Waals surface area (Å²) in [6.45, 7) is 3.21. The van der Waals surface area contributed by atoms with Gasteiger partial charge in [0.05, 0.1) is 47.7 Å². The number of rotatable bonds is 7. The average molecular weight is 620 g/mol. The normalized spacial score (nSPS) is 24.3. The molecular formula is C32H34FN5O7. The Kier molecular flexibility index (Phi) is 7.02. The van der Waals surface area contributed by atoms with E-state index in [0.29, 0.717) is 48.2 Å². The fourth-order valence-corrected chi connectivity index (χ4v) is 7.22. The highest BCUT2D eigenvalue weighted by Crippen LogP contribution is 2.46. The van der Waals surface area contributed by atoms with E-state index in [4.69, 9.17) is 20.2 Å². The lowest BCUT2D eigenvalue weighted by Gasteiger charge is -2.36. The molecule has 0 radical (unpaired) electrons. The molecule has 0 spiro atoms. The van der Waals surface area contributed by atoms with Crippen molar-refractivity contribution in [3.05, 3.63) is 61.7 Å². The molecule has 5 N–H and O–H groups in total. The number of nitrogens with one attached hydrogen (secondary N) is 2. The Morgan fingerprint density at radius 3 is 2.76 bits per heavy atom. The van der Waals surface area contributed by atoms with Crippen LogP contribution in [0.3, 0.4) is 0 Å². The number of benzene rings is 1. The summed E-state index contributed by atoms with van der Waals surface area (Å²) in [6, 6.07) is 2.61. The zero-order valence-electron chi connectivity index (χ0n) is 25.0. The lowest BCUT2D eigenvalue weighted by Crippen LogP contribution is -2.45. The van der Waals surface area contributed by atoms with Crippen molar-refractivity contribution in [2.75, 3.05) is 13.3 Å². The number of amides is 2. The van der Waals surface area contributed by atoms with E-state index in [1.807, 2.05) is 0 Å². The monoisotopic (exact) mass is 619 g/mol. The standard InChI is InChI=1S/C32H34FN5O7/c1-3-32(43)20-8-24-28-18(11-38(24)30(41)19(20)12-44-31(32)42)27-22(5-4-17-14(2)21(33)9-23(36-28)26(17)27)37-29(40)15-6-16(7-15)45-13-35-25(39)10-34/h8-9,15-16,22,43H,3-7,10-13,34H2,1-2H3,(H,35,39)(H,37,40)/t15?,16?,22-,32-/m0/s1. The van der Waals surface area contributed by atoms with E-state index in [1.54, 1.807) is 24.5 Å². The first-order valence-electron chi connectivity index (χ1n) is 15.3. The Bertz CT molecular complexity index is 1870. The minimum absolute atomic E-state index is 0.0162. The second kappa shape index (κ2) is 10.7. The van der Waals surface area contributed by atoms with Gasteiger partial charge in [-0.1, -0.05) is 6.92 Å². The van der Waals surface area contributed by atoms with Crippen LogP contribution < -0.4 is 21.9 Å². The fourth-order valence-electron chi connectivity index (χ4n) is 7.22. The maximum atomic E-state index is 15.1. The third-order valence-corrected chi connectivity index (χ3v) is 9.93. The van der Waals surface area contributed by atoms with Gasteiger partial charge in [0.25, 0.3) is 5.56 Å². The number of halogens is 1. The van der Waals surface area contributed by atoms with Crippen molar-refractivity contribution in [3.63, 3.8) is 0 Å². The van der Waals surface area contributed by atoms with E-state index in [9.17, 15) is 24.3 Å². The van der Waals surface area contributed by atoms with Crippen molar-refractivity contribution >= 4 is 28.7 Å². The van der Waals surface area contributed by atoms with Crippen LogP contribution in [0.15, 0.2) is 16.9 Å². The van der Waals surface area contributed by atoms with Gasteiger partial charge in [-0.3, -0.25) is 14.4 Å². The minimum Gasteiger partial charge on any atom is -0.458 e. The van der Waals surface area contributed by atoms with Gasteiger partial charge in [-0.15, -0.1) is 0 Å². The highest BCUT2D eigenvalue weighted by Gasteiger charge is 2.46. The van der Waals surface area contributed by atoms with Crippen LogP contribution in [-0.2, 0) is 49.0 Å². The number of esters is 1. The number of fused-ring (bicyclic) bond motifs is 5. The highest BCUT2D eigenvalue weighted by molar-refractivity contribution is 5.94. The van der Waals surface area contributed by atoms with Gasteiger partial charge in [0.2, 0.25) is 11.8 Å². The van der Waals surface area contributed by atoms with E-state index in [1.165, 1.54) is 6.07 Å². The molecule has 45 heavy (non-hydrogen) atoms. The summed E-state index contributed by atoms with van der Waals surface area (Å²) in [7, 11) is 0. The molecule has 0 unspecified atom stereocenters. The van der Waals surface area contributed by atoms with Gasteiger partial charge in [0.1, 0.15) is 19.2 Å². The lowest BCUT2D eigenvalue weighted by atomic mass is 9.79. The molecule has 236 valence electrons. The molecule has 2 atom stereocenters. The molecule has 4 heterocycles. The Hall–Kier alpha value is -4.20. The van der Waals surface area contributed by atoms with Crippen LogP contribution in [0.2, 0.25) is 0 Å². The molecule has 12 nitrogen and oxygen atoms in total. The number of carbonyl (C=O) groups is 3. The Balaban J connectivity index is 1.26. The van der Waals surface area contributed by atoms with Gasteiger partial charge in [0, 0.05) is 28.5 Å².